The molecule has 0 heterocycles. The molecular weight excluding hydrogens is 389 g/mol. The van der Waals surface area contributed by atoms with Crippen molar-refractivity contribution in [3.05, 3.63) is 88.9 Å². The maximum Gasteiger partial charge on any atom is 0.228 e. The minimum Gasteiger partial charge on any atom is -0.489 e. The van der Waals surface area contributed by atoms with Crippen molar-refractivity contribution >= 4 is 5.91 Å². The normalized spacial score (nSPS) is 11.3. The lowest BCUT2D eigenvalue weighted by Crippen LogP contribution is -2.23. The first-order valence-corrected chi connectivity index (χ1v) is 10.7. The van der Waals surface area contributed by atoms with Gasteiger partial charge in [-0.05, 0) is 54.7 Å². The van der Waals surface area contributed by atoms with Crippen molar-refractivity contribution in [3.63, 3.8) is 0 Å². The Morgan fingerprint density at radius 1 is 1.16 bits per heavy atom. The molecule has 3 nitrogen and oxygen atoms in total. The van der Waals surface area contributed by atoms with Crippen LogP contribution in [0, 0.1) is 18.2 Å². The summed E-state index contributed by atoms with van der Waals surface area (Å²) in [5.41, 5.74) is 4.03. The first-order valence-electron chi connectivity index (χ1n) is 10.7. The van der Waals surface area contributed by atoms with Crippen LogP contribution in [0.15, 0.2) is 66.4 Å². The van der Waals surface area contributed by atoms with Crippen molar-refractivity contribution in [1.29, 1.82) is 0 Å². The van der Waals surface area contributed by atoms with Gasteiger partial charge in [-0.3, -0.25) is 4.79 Å². The molecule has 4 heteroatoms. The van der Waals surface area contributed by atoms with Gasteiger partial charge in [-0.25, -0.2) is 4.39 Å². The Labute approximate surface area is 188 Å². The minimum atomic E-state index is -0.269. The molecule has 0 aliphatic rings. The van der Waals surface area contributed by atoms with Crippen LogP contribution in [0.2, 0.25) is 0 Å². The van der Waals surface area contributed by atoms with E-state index in [0.29, 0.717) is 17.0 Å². The first kappa shape index (κ1) is 26.2. The standard InChI is InChI=1S/C25H30FNO2.C2H6.H2/c1-17-8-7-9-23(26)22(17)16-29-21-12-10-20(11-13-21)15-24(28)27-19(3)14-18(2)25(4,5)6;1-2;/h7-14H,3,15-16H2,1-2,4-6H3,(H,27,28);1-2H3;1H/b18-14+;;. The molecule has 0 bridgehead atoms. The van der Waals surface area contributed by atoms with E-state index in [1.54, 1.807) is 18.2 Å². The number of benzene rings is 2. The Hall–Kier alpha value is -2.88. The molecule has 0 spiro atoms. The molecule has 1 N–H and O–H groups in total. The molecule has 0 unspecified atom stereocenters. The summed E-state index contributed by atoms with van der Waals surface area (Å²) in [5, 5.41) is 2.82. The summed E-state index contributed by atoms with van der Waals surface area (Å²) >= 11 is 0. The van der Waals surface area contributed by atoms with Gasteiger partial charge in [0, 0.05) is 12.7 Å². The summed E-state index contributed by atoms with van der Waals surface area (Å²) in [4.78, 5) is 12.3. The van der Waals surface area contributed by atoms with Gasteiger partial charge >= 0.3 is 0 Å². The zero-order valence-corrected chi connectivity index (χ0v) is 19.9. The number of allylic oxidation sites excluding steroid dienone is 2. The topological polar surface area (TPSA) is 38.3 Å². The second-order valence-corrected chi connectivity index (χ2v) is 8.30. The van der Waals surface area contributed by atoms with Crippen molar-refractivity contribution in [3.8, 4) is 5.75 Å². The molecule has 2 aromatic carbocycles. The summed E-state index contributed by atoms with van der Waals surface area (Å²) in [6.45, 7) is 18.3. The predicted octanol–water partition coefficient (Wildman–Crippen LogP) is 7.15. The molecule has 31 heavy (non-hydrogen) atoms. The third-order valence-electron chi connectivity index (χ3n) is 4.90. The van der Waals surface area contributed by atoms with Crippen LogP contribution in [0.25, 0.3) is 0 Å². The highest BCUT2D eigenvalue weighted by Gasteiger charge is 2.13. The fraction of sp³-hybridized carbons (Fsp3) is 0.370. The number of nitrogens with one attached hydrogen (secondary N) is 1. The highest BCUT2D eigenvalue weighted by atomic mass is 19.1. The van der Waals surface area contributed by atoms with Gasteiger partial charge in [0.25, 0.3) is 0 Å². The van der Waals surface area contributed by atoms with Gasteiger partial charge in [-0.1, -0.05) is 71.0 Å². The third-order valence-corrected chi connectivity index (χ3v) is 4.90. The Morgan fingerprint density at radius 3 is 2.32 bits per heavy atom. The monoisotopic (exact) mass is 427 g/mol. The number of amides is 1. The van der Waals surface area contributed by atoms with Gasteiger partial charge < -0.3 is 10.1 Å². The van der Waals surface area contributed by atoms with Crippen molar-refractivity contribution in [2.24, 2.45) is 5.41 Å². The van der Waals surface area contributed by atoms with Gasteiger partial charge in [-0.15, -0.1) is 0 Å². The largest absolute Gasteiger partial charge is 0.489 e. The average molecular weight is 428 g/mol. The van der Waals surface area contributed by atoms with E-state index in [-0.39, 0.29) is 31.6 Å². The second kappa shape index (κ2) is 12.1. The summed E-state index contributed by atoms with van der Waals surface area (Å²) in [7, 11) is 0. The van der Waals surface area contributed by atoms with E-state index >= 15 is 0 Å². The molecule has 170 valence electrons. The van der Waals surface area contributed by atoms with Crippen molar-refractivity contribution in [1.82, 2.24) is 5.32 Å². The third kappa shape index (κ3) is 8.79. The summed E-state index contributed by atoms with van der Waals surface area (Å²) in [6.07, 6.45) is 2.15. The molecule has 2 rings (SSSR count). The Morgan fingerprint density at radius 2 is 1.77 bits per heavy atom. The maximum absolute atomic E-state index is 13.9. The molecule has 1 amide bonds. The minimum absolute atomic E-state index is 0. The highest BCUT2D eigenvalue weighted by Crippen LogP contribution is 2.25. The van der Waals surface area contributed by atoms with E-state index in [9.17, 15) is 9.18 Å². The van der Waals surface area contributed by atoms with Crippen molar-refractivity contribution in [2.75, 3.05) is 0 Å². The summed E-state index contributed by atoms with van der Waals surface area (Å²) in [5.74, 6) is 0.239. The molecule has 0 saturated carbocycles. The SMILES string of the molecule is C=C(/C=C(\C)C(C)(C)C)NC(=O)Cc1ccc(OCc2c(C)cccc2F)cc1.CC.[HH]. The maximum atomic E-state index is 13.9. The summed E-state index contributed by atoms with van der Waals surface area (Å²) in [6, 6.07) is 12.2. The van der Waals surface area contributed by atoms with Crippen LogP contribution < -0.4 is 10.1 Å². The van der Waals surface area contributed by atoms with Crippen LogP contribution in [0.3, 0.4) is 0 Å². The van der Waals surface area contributed by atoms with Crippen LogP contribution in [0.4, 0.5) is 4.39 Å². The van der Waals surface area contributed by atoms with Gasteiger partial charge in [-0.2, -0.15) is 0 Å². The van der Waals surface area contributed by atoms with Gasteiger partial charge in [0.2, 0.25) is 5.91 Å². The smallest absolute Gasteiger partial charge is 0.228 e. The zero-order chi connectivity index (χ0) is 23.6. The molecule has 0 fully saturated rings. The number of halogens is 1. The number of carbonyl (C=O) groups is 1. The first-order chi connectivity index (χ1) is 14.6. The second-order valence-electron chi connectivity index (χ2n) is 8.30. The quantitative estimate of drug-likeness (QED) is 0.476. The van der Waals surface area contributed by atoms with E-state index < -0.39 is 0 Å². The Bertz CT molecular complexity index is 892. The lowest BCUT2D eigenvalue weighted by Gasteiger charge is -2.20. The molecule has 0 aromatic heterocycles. The van der Waals surface area contributed by atoms with E-state index in [1.807, 2.05) is 52.0 Å². The van der Waals surface area contributed by atoms with Crippen molar-refractivity contribution in [2.45, 2.75) is 61.5 Å². The van der Waals surface area contributed by atoms with Gasteiger partial charge in [0.1, 0.15) is 18.2 Å². The van der Waals surface area contributed by atoms with Gasteiger partial charge in [0.15, 0.2) is 0 Å². The van der Waals surface area contributed by atoms with Crippen LogP contribution in [-0.4, -0.2) is 5.91 Å². The van der Waals surface area contributed by atoms with E-state index in [0.717, 1.165) is 16.7 Å². The van der Waals surface area contributed by atoms with E-state index in [4.69, 9.17) is 4.74 Å². The number of rotatable bonds is 7. The number of carbonyl (C=O) groups excluding carboxylic acids is 1. The van der Waals surface area contributed by atoms with Crippen LogP contribution in [0.5, 0.6) is 5.75 Å². The summed E-state index contributed by atoms with van der Waals surface area (Å²) < 4.78 is 19.6. The van der Waals surface area contributed by atoms with Crippen LogP contribution in [-0.2, 0) is 17.8 Å². The number of hydrogen-bond acceptors (Lipinski definition) is 2. The Balaban J connectivity index is 0.00000311. The van der Waals surface area contributed by atoms with Gasteiger partial charge in [0.05, 0.1) is 6.42 Å². The molecular formula is C27H38FNO2. The Kier molecular flexibility index (Phi) is 10.2. The number of aryl methyl sites for hydroxylation is 1. The predicted molar refractivity (Wildman–Crippen MR) is 130 cm³/mol. The molecule has 0 aliphatic heterocycles. The van der Waals surface area contributed by atoms with E-state index in [1.165, 1.54) is 6.07 Å². The average Bonchev–Trinajstić information content (AvgIpc) is 2.69. The highest BCUT2D eigenvalue weighted by molar-refractivity contribution is 5.80. The number of ether oxygens (including phenoxy) is 1. The van der Waals surface area contributed by atoms with Crippen LogP contribution >= 0.6 is 0 Å². The zero-order valence-electron chi connectivity index (χ0n) is 19.9. The lowest BCUT2D eigenvalue weighted by atomic mass is 9.87. The molecule has 0 saturated heterocycles. The van der Waals surface area contributed by atoms with Crippen LogP contribution in [0.1, 0.15) is 59.7 Å². The fourth-order valence-corrected chi connectivity index (χ4v) is 2.63. The molecule has 0 atom stereocenters. The van der Waals surface area contributed by atoms with E-state index in [2.05, 4.69) is 32.7 Å². The molecule has 2 aromatic rings. The van der Waals surface area contributed by atoms with Crippen molar-refractivity contribution < 1.29 is 15.3 Å². The lowest BCUT2D eigenvalue weighted by molar-refractivity contribution is -0.119. The molecule has 0 radical (unpaired) electrons. The number of hydrogen-bond donors (Lipinski definition) is 1. The molecule has 0 aliphatic carbocycles. The fourth-order valence-electron chi connectivity index (χ4n) is 2.63.